The van der Waals surface area contributed by atoms with Gasteiger partial charge in [0.25, 0.3) is 5.56 Å². The van der Waals surface area contributed by atoms with Crippen LogP contribution in [0.2, 0.25) is 5.02 Å². The summed E-state index contributed by atoms with van der Waals surface area (Å²) in [4.78, 5) is 16.6. The topological polar surface area (TPSA) is 133 Å². The maximum Gasteiger partial charge on any atom is 0.330 e. The van der Waals surface area contributed by atoms with Gasteiger partial charge in [0.1, 0.15) is 16.9 Å². The molecule has 1 N–H and O–H groups in total. The molecule has 2 aromatic heterocycles. The Morgan fingerprint density at radius 2 is 2.05 bits per heavy atom. The fourth-order valence-electron chi connectivity index (χ4n) is 4.38. The van der Waals surface area contributed by atoms with E-state index in [1.165, 1.54) is 12.3 Å². The molecule has 0 saturated carbocycles. The first-order valence-electron chi connectivity index (χ1n) is 11.8. The van der Waals surface area contributed by atoms with Crippen LogP contribution < -0.4 is 15.2 Å². The Balaban J connectivity index is 1.44. The van der Waals surface area contributed by atoms with Gasteiger partial charge >= 0.3 is 16.8 Å². The third-order valence-electron chi connectivity index (χ3n) is 6.44. The Labute approximate surface area is 221 Å². The van der Waals surface area contributed by atoms with E-state index in [0.717, 1.165) is 21.3 Å². The van der Waals surface area contributed by atoms with Crippen molar-refractivity contribution in [3.05, 3.63) is 45.5 Å². The van der Waals surface area contributed by atoms with Gasteiger partial charge in [-0.25, -0.2) is 14.1 Å². The molecule has 2 aliphatic heterocycles. The summed E-state index contributed by atoms with van der Waals surface area (Å²) >= 11 is 6.23. The minimum atomic E-state index is -4.67. The van der Waals surface area contributed by atoms with Gasteiger partial charge in [-0.1, -0.05) is 11.6 Å². The van der Waals surface area contributed by atoms with Crippen LogP contribution in [0.25, 0.3) is 0 Å². The third kappa shape index (κ3) is 5.88. The van der Waals surface area contributed by atoms with Crippen molar-refractivity contribution in [3.63, 3.8) is 0 Å². The van der Waals surface area contributed by atoms with Crippen LogP contribution in [-0.4, -0.2) is 72.6 Å². The van der Waals surface area contributed by atoms with Crippen LogP contribution in [-0.2, 0) is 14.9 Å². The van der Waals surface area contributed by atoms with Crippen molar-refractivity contribution in [3.8, 4) is 6.07 Å². The van der Waals surface area contributed by atoms with Crippen molar-refractivity contribution in [2.45, 2.75) is 43.9 Å². The predicted octanol–water partition coefficient (Wildman–Crippen LogP) is 2.70. The Kier molecular flexibility index (Phi) is 8.46. The molecule has 4 rings (SSSR count). The highest BCUT2D eigenvalue weighted by molar-refractivity contribution is 7.90. The summed E-state index contributed by atoms with van der Waals surface area (Å²) in [5.74, 6) is -0.524. The number of ether oxygens (including phenoxy) is 1. The molecule has 11 nitrogen and oxygen atoms in total. The van der Waals surface area contributed by atoms with E-state index in [1.54, 1.807) is 6.07 Å². The number of aromatic nitrogens is 3. The molecule has 2 aromatic rings. The second-order valence-electron chi connectivity index (χ2n) is 9.01. The van der Waals surface area contributed by atoms with E-state index >= 15 is 0 Å². The standard InChI is InChI=1S/C22H25ClF3N7O4S/c23-19-17(29-13-22(26)6-1-9-37-14-22)12-30-32(20(19)34)16-4-7-31(8-5-16)38(35,36)33(21(24)25)18-3-2-15(10-27)11-28-18/h2-3,11-12,16,21,29H,1,4-9,13-14H2. The molecule has 2 aliphatic rings. The first-order chi connectivity index (χ1) is 18.1. The molecule has 2 fully saturated rings. The van der Waals surface area contributed by atoms with Gasteiger partial charge in [-0.05, 0) is 37.8 Å². The van der Waals surface area contributed by atoms with E-state index in [2.05, 4.69) is 15.4 Å². The average Bonchev–Trinajstić information content (AvgIpc) is 2.90. The van der Waals surface area contributed by atoms with Crippen LogP contribution in [0.5, 0.6) is 0 Å². The lowest BCUT2D eigenvalue weighted by Crippen LogP contribution is -2.50. The molecule has 2 saturated heterocycles. The van der Waals surface area contributed by atoms with Crippen LogP contribution in [0.4, 0.5) is 24.7 Å². The Bertz CT molecular complexity index is 1340. The number of hydrogen-bond donors (Lipinski definition) is 1. The number of nitriles is 1. The molecule has 38 heavy (non-hydrogen) atoms. The second-order valence-corrected chi connectivity index (χ2v) is 11.2. The quantitative estimate of drug-likeness (QED) is 0.475. The smallest absolute Gasteiger partial charge is 0.330 e. The van der Waals surface area contributed by atoms with E-state index in [0.29, 0.717) is 19.4 Å². The largest absolute Gasteiger partial charge is 0.379 e. The number of nitrogens with zero attached hydrogens (tertiary/aromatic N) is 6. The number of hydrogen-bond acceptors (Lipinski definition) is 8. The highest BCUT2D eigenvalue weighted by atomic mass is 35.5. The fourth-order valence-corrected chi connectivity index (χ4v) is 6.05. The molecule has 4 heterocycles. The summed E-state index contributed by atoms with van der Waals surface area (Å²) in [6, 6.07) is 3.47. The second kappa shape index (κ2) is 11.4. The lowest BCUT2D eigenvalue weighted by atomic mass is 9.99. The lowest BCUT2D eigenvalue weighted by molar-refractivity contribution is -0.0234. The lowest BCUT2D eigenvalue weighted by Gasteiger charge is -2.35. The van der Waals surface area contributed by atoms with Gasteiger partial charge in [0, 0.05) is 25.9 Å². The summed E-state index contributed by atoms with van der Waals surface area (Å²) < 4.78 is 75.6. The van der Waals surface area contributed by atoms with Crippen LogP contribution >= 0.6 is 11.6 Å². The van der Waals surface area contributed by atoms with Crippen molar-refractivity contribution in [2.75, 3.05) is 42.5 Å². The zero-order chi connectivity index (χ0) is 27.5. The summed E-state index contributed by atoms with van der Waals surface area (Å²) in [6.07, 6.45) is 3.42. The molecular formula is C22H25ClF3N7O4S. The molecule has 16 heteroatoms. The Morgan fingerprint density at radius 3 is 2.63 bits per heavy atom. The van der Waals surface area contributed by atoms with Crippen LogP contribution in [0.15, 0.2) is 29.3 Å². The molecular weight excluding hydrogens is 551 g/mol. The van der Waals surface area contributed by atoms with Gasteiger partial charge in [-0.15, -0.1) is 0 Å². The summed E-state index contributed by atoms with van der Waals surface area (Å²) in [7, 11) is -4.67. The molecule has 0 aromatic carbocycles. The fraction of sp³-hybridized carbons (Fsp3) is 0.545. The summed E-state index contributed by atoms with van der Waals surface area (Å²) in [5.41, 5.74) is -1.97. The third-order valence-corrected chi connectivity index (χ3v) is 8.66. The van der Waals surface area contributed by atoms with Crippen molar-refractivity contribution in [1.29, 1.82) is 5.26 Å². The monoisotopic (exact) mass is 575 g/mol. The van der Waals surface area contributed by atoms with Crippen LogP contribution in [0.1, 0.15) is 37.3 Å². The van der Waals surface area contributed by atoms with E-state index in [4.69, 9.17) is 21.6 Å². The summed E-state index contributed by atoms with van der Waals surface area (Å²) in [6.45, 7) is -3.41. The minimum absolute atomic E-state index is 0.0617. The van der Waals surface area contributed by atoms with Gasteiger partial charge in [-0.2, -0.15) is 36.2 Å². The highest BCUT2D eigenvalue weighted by Crippen LogP contribution is 2.29. The zero-order valence-electron chi connectivity index (χ0n) is 20.1. The van der Waals surface area contributed by atoms with E-state index < -0.39 is 39.8 Å². The van der Waals surface area contributed by atoms with E-state index in [9.17, 15) is 26.4 Å². The van der Waals surface area contributed by atoms with Crippen LogP contribution in [0, 0.1) is 11.3 Å². The normalized spacial score (nSPS) is 21.3. The van der Waals surface area contributed by atoms with Gasteiger partial charge in [0.15, 0.2) is 5.67 Å². The molecule has 0 amide bonds. The molecule has 0 radical (unpaired) electrons. The van der Waals surface area contributed by atoms with Crippen molar-refractivity contribution in [2.24, 2.45) is 0 Å². The molecule has 0 bridgehead atoms. The van der Waals surface area contributed by atoms with Crippen molar-refractivity contribution < 1.29 is 26.3 Å². The zero-order valence-corrected chi connectivity index (χ0v) is 21.6. The Hall–Kier alpha value is -2.93. The number of nitrogens with one attached hydrogen (secondary N) is 1. The number of alkyl halides is 3. The van der Waals surface area contributed by atoms with Gasteiger partial charge in [0.2, 0.25) is 0 Å². The number of halogens is 4. The number of rotatable bonds is 8. The first kappa shape index (κ1) is 28.1. The summed E-state index contributed by atoms with van der Waals surface area (Å²) in [5, 5.41) is 15.6. The van der Waals surface area contributed by atoms with E-state index in [1.807, 2.05) is 0 Å². The van der Waals surface area contributed by atoms with Gasteiger partial charge in [0.05, 0.1) is 36.6 Å². The SMILES string of the molecule is N#Cc1ccc(N(C(F)F)S(=O)(=O)N2CCC(n3ncc(NCC4(F)CCCOC4)c(Cl)c3=O)CC2)nc1. The van der Waals surface area contributed by atoms with Gasteiger partial charge in [-0.3, -0.25) is 4.79 Å². The molecule has 0 aliphatic carbocycles. The molecule has 1 unspecified atom stereocenters. The van der Waals surface area contributed by atoms with Gasteiger partial charge < -0.3 is 10.1 Å². The first-order valence-corrected chi connectivity index (χ1v) is 13.5. The number of pyridine rings is 1. The number of anilines is 2. The maximum atomic E-state index is 14.8. The molecule has 1 atom stereocenters. The Morgan fingerprint density at radius 1 is 1.32 bits per heavy atom. The minimum Gasteiger partial charge on any atom is -0.379 e. The highest BCUT2D eigenvalue weighted by Gasteiger charge is 2.39. The maximum absolute atomic E-state index is 14.8. The number of piperidine rings is 1. The van der Waals surface area contributed by atoms with Crippen molar-refractivity contribution in [1.82, 2.24) is 19.1 Å². The predicted molar refractivity (Wildman–Crippen MR) is 132 cm³/mol. The average molecular weight is 576 g/mol. The van der Waals surface area contributed by atoms with Crippen molar-refractivity contribution >= 4 is 33.3 Å². The molecule has 206 valence electrons. The van der Waals surface area contributed by atoms with E-state index in [-0.39, 0.29) is 59.7 Å². The van der Waals surface area contributed by atoms with Crippen LogP contribution in [0.3, 0.4) is 0 Å². The molecule has 0 spiro atoms.